The van der Waals surface area contributed by atoms with Crippen molar-refractivity contribution in [1.29, 1.82) is 0 Å². The van der Waals surface area contributed by atoms with E-state index < -0.39 is 11.7 Å². The van der Waals surface area contributed by atoms with Crippen molar-refractivity contribution in [2.45, 2.75) is 44.4 Å². The van der Waals surface area contributed by atoms with E-state index in [1.54, 1.807) is 7.11 Å². The van der Waals surface area contributed by atoms with Crippen molar-refractivity contribution in [1.82, 2.24) is 0 Å². The Bertz CT molecular complexity index is 491. The lowest BCUT2D eigenvalue weighted by atomic mass is 9.81. The summed E-state index contributed by atoms with van der Waals surface area (Å²) < 4.78 is 43.7. The Kier molecular flexibility index (Phi) is 5.04. The highest BCUT2D eigenvalue weighted by Gasteiger charge is 2.33. The van der Waals surface area contributed by atoms with Gasteiger partial charge < -0.3 is 4.74 Å². The molecule has 1 aliphatic carbocycles. The van der Waals surface area contributed by atoms with Gasteiger partial charge in [0.05, 0.1) is 11.7 Å². The molecule has 0 aliphatic heterocycles. The topological polar surface area (TPSA) is 26.3 Å². The molecule has 1 saturated carbocycles. The standard InChI is InChI=1S/C16H19F3O2/c1-21-15(11-5-3-2-4-6-11)14-8-7-13(16(17,18)19)9-12(14)10-20/h7-11,15H,2-6H2,1H3. The highest BCUT2D eigenvalue weighted by atomic mass is 19.4. The number of methoxy groups -OCH3 is 1. The van der Waals surface area contributed by atoms with E-state index in [9.17, 15) is 18.0 Å². The van der Waals surface area contributed by atoms with E-state index in [-0.39, 0.29) is 17.6 Å². The molecule has 1 atom stereocenters. The second-order valence-electron chi connectivity index (χ2n) is 5.51. The summed E-state index contributed by atoms with van der Waals surface area (Å²) in [6, 6.07) is 3.32. The maximum Gasteiger partial charge on any atom is 0.416 e. The van der Waals surface area contributed by atoms with Gasteiger partial charge in [0.1, 0.15) is 6.29 Å². The predicted octanol–water partition coefficient (Wildman–Crippen LogP) is 4.79. The van der Waals surface area contributed by atoms with Crippen LogP contribution in [0, 0.1) is 5.92 Å². The lowest BCUT2D eigenvalue weighted by molar-refractivity contribution is -0.137. The molecule has 0 spiro atoms. The zero-order valence-electron chi connectivity index (χ0n) is 12.0. The van der Waals surface area contributed by atoms with Crippen LogP contribution in [-0.2, 0) is 10.9 Å². The van der Waals surface area contributed by atoms with Crippen LogP contribution in [0.15, 0.2) is 18.2 Å². The minimum Gasteiger partial charge on any atom is -0.376 e. The number of alkyl halides is 3. The molecule has 2 nitrogen and oxygen atoms in total. The number of carbonyl (C=O) groups is 1. The van der Waals surface area contributed by atoms with Crippen molar-refractivity contribution in [2.24, 2.45) is 5.92 Å². The average Bonchev–Trinajstić information content (AvgIpc) is 2.48. The Hall–Kier alpha value is -1.36. The number of rotatable bonds is 4. The second-order valence-corrected chi connectivity index (χ2v) is 5.51. The molecule has 1 fully saturated rings. The van der Waals surface area contributed by atoms with Crippen molar-refractivity contribution in [3.05, 3.63) is 34.9 Å². The number of hydrogen-bond acceptors (Lipinski definition) is 2. The molecule has 0 radical (unpaired) electrons. The monoisotopic (exact) mass is 300 g/mol. The average molecular weight is 300 g/mol. The highest BCUT2D eigenvalue weighted by molar-refractivity contribution is 5.78. The van der Waals surface area contributed by atoms with Gasteiger partial charge in [-0.05, 0) is 36.5 Å². The van der Waals surface area contributed by atoms with E-state index in [1.807, 2.05) is 0 Å². The zero-order chi connectivity index (χ0) is 15.5. The number of benzene rings is 1. The third kappa shape index (κ3) is 3.64. The summed E-state index contributed by atoms with van der Waals surface area (Å²) in [5, 5.41) is 0. The van der Waals surface area contributed by atoms with Crippen LogP contribution in [0.5, 0.6) is 0 Å². The van der Waals surface area contributed by atoms with E-state index in [2.05, 4.69) is 0 Å². The SMILES string of the molecule is COC(c1ccc(C(F)(F)F)cc1C=O)C1CCCCC1. The molecule has 116 valence electrons. The van der Waals surface area contributed by atoms with Crippen molar-refractivity contribution < 1.29 is 22.7 Å². The number of carbonyl (C=O) groups excluding carboxylic acids is 1. The number of hydrogen-bond donors (Lipinski definition) is 0. The van der Waals surface area contributed by atoms with Crippen molar-refractivity contribution in [2.75, 3.05) is 7.11 Å². The van der Waals surface area contributed by atoms with Gasteiger partial charge in [-0.15, -0.1) is 0 Å². The van der Waals surface area contributed by atoms with Gasteiger partial charge in [0.25, 0.3) is 0 Å². The summed E-state index contributed by atoms with van der Waals surface area (Å²) in [4.78, 5) is 11.2. The molecule has 1 aromatic rings. The van der Waals surface area contributed by atoms with Crippen molar-refractivity contribution in [3.8, 4) is 0 Å². The quantitative estimate of drug-likeness (QED) is 0.748. The van der Waals surface area contributed by atoms with Crippen LogP contribution in [0.4, 0.5) is 13.2 Å². The van der Waals surface area contributed by atoms with E-state index >= 15 is 0 Å². The lowest BCUT2D eigenvalue weighted by Crippen LogP contribution is -2.19. The second kappa shape index (κ2) is 6.60. The van der Waals surface area contributed by atoms with Gasteiger partial charge in [0.15, 0.2) is 0 Å². The van der Waals surface area contributed by atoms with Gasteiger partial charge in [-0.2, -0.15) is 13.2 Å². The van der Waals surface area contributed by atoms with Gasteiger partial charge in [-0.25, -0.2) is 0 Å². The summed E-state index contributed by atoms with van der Waals surface area (Å²) in [6.45, 7) is 0. The zero-order valence-corrected chi connectivity index (χ0v) is 12.0. The normalized spacial score (nSPS) is 18.5. The van der Waals surface area contributed by atoms with Crippen LogP contribution in [0.2, 0.25) is 0 Å². The summed E-state index contributed by atoms with van der Waals surface area (Å²) in [6.07, 6.45) is 1.08. The first kappa shape index (κ1) is 16.0. The fourth-order valence-corrected chi connectivity index (χ4v) is 3.12. The first-order valence-electron chi connectivity index (χ1n) is 7.16. The van der Waals surface area contributed by atoms with Crippen molar-refractivity contribution in [3.63, 3.8) is 0 Å². The van der Waals surface area contributed by atoms with Gasteiger partial charge in [-0.3, -0.25) is 4.79 Å². The number of aldehydes is 1. The Morgan fingerprint density at radius 3 is 2.43 bits per heavy atom. The summed E-state index contributed by atoms with van der Waals surface area (Å²) in [5.74, 6) is 0.263. The van der Waals surface area contributed by atoms with Crippen LogP contribution in [0.3, 0.4) is 0 Å². The largest absolute Gasteiger partial charge is 0.416 e. The van der Waals surface area contributed by atoms with E-state index in [0.717, 1.165) is 37.8 Å². The molecule has 5 heteroatoms. The molecular weight excluding hydrogens is 281 g/mol. The molecule has 1 unspecified atom stereocenters. The summed E-state index contributed by atoms with van der Waals surface area (Å²) >= 11 is 0. The Labute approximate surface area is 122 Å². The number of halogens is 3. The van der Waals surface area contributed by atoms with Crippen LogP contribution in [0.1, 0.15) is 59.7 Å². The van der Waals surface area contributed by atoms with Crippen molar-refractivity contribution >= 4 is 6.29 Å². The molecule has 0 saturated heterocycles. The molecule has 1 aliphatic rings. The van der Waals surface area contributed by atoms with Crippen LogP contribution in [0.25, 0.3) is 0 Å². The molecule has 0 bridgehead atoms. The van der Waals surface area contributed by atoms with Gasteiger partial charge in [0.2, 0.25) is 0 Å². The predicted molar refractivity (Wildman–Crippen MR) is 73.2 cm³/mol. The van der Waals surface area contributed by atoms with Crippen LogP contribution < -0.4 is 0 Å². The molecule has 0 amide bonds. The molecule has 0 aromatic heterocycles. The molecule has 21 heavy (non-hydrogen) atoms. The summed E-state index contributed by atoms with van der Waals surface area (Å²) in [5.41, 5.74) is -0.165. The fraction of sp³-hybridized carbons (Fsp3) is 0.562. The maximum absolute atomic E-state index is 12.7. The lowest BCUT2D eigenvalue weighted by Gasteiger charge is -2.30. The van der Waals surface area contributed by atoms with Gasteiger partial charge >= 0.3 is 6.18 Å². The van der Waals surface area contributed by atoms with E-state index in [1.165, 1.54) is 12.5 Å². The smallest absolute Gasteiger partial charge is 0.376 e. The minimum atomic E-state index is -4.44. The maximum atomic E-state index is 12.7. The first-order valence-corrected chi connectivity index (χ1v) is 7.16. The third-order valence-corrected chi connectivity index (χ3v) is 4.18. The molecular formula is C16H19F3O2. The highest BCUT2D eigenvalue weighted by Crippen LogP contribution is 2.39. The molecule has 1 aromatic carbocycles. The summed E-state index contributed by atoms with van der Waals surface area (Å²) in [7, 11) is 1.55. The van der Waals surface area contributed by atoms with Gasteiger partial charge in [0, 0.05) is 12.7 Å². The third-order valence-electron chi connectivity index (χ3n) is 4.18. The van der Waals surface area contributed by atoms with Crippen LogP contribution in [-0.4, -0.2) is 13.4 Å². The van der Waals surface area contributed by atoms with E-state index in [4.69, 9.17) is 4.74 Å². The number of ether oxygens (including phenoxy) is 1. The Morgan fingerprint density at radius 1 is 1.24 bits per heavy atom. The molecule has 2 rings (SSSR count). The van der Waals surface area contributed by atoms with Gasteiger partial charge in [-0.1, -0.05) is 25.3 Å². The van der Waals surface area contributed by atoms with Crippen LogP contribution >= 0.6 is 0 Å². The Morgan fingerprint density at radius 2 is 1.90 bits per heavy atom. The van der Waals surface area contributed by atoms with E-state index in [0.29, 0.717) is 11.8 Å². The molecule has 0 N–H and O–H groups in total. The molecule has 0 heterocycles. The Balaban J connectivity index is 2.34. The minimum absolute atomic E-state index is 0.0715. The fourth-order valence-electron chi connectivity index (χ4n) is 3.12. The first-order chi connectivity index (χ1) is 9.97.